The minimum Gasteiger partial charge on any atom is -0.464 e. The number of hydrogen-bond acceptors (Lipinski definition) is 6. The first-order valence-electron chi connectivity index (χ1n) is 13.3. The van der Waals surface area contributed by atoms with Gasteiger partial charge in [-0.2, -0.15) is 0 Å². The molecule has 2 aromatic carbocycles. The second-order valence-corrected chi connectivity index (χ2v) is 9.63. The summed E-state index contributed by atoms with van der Waals surface area (Å²) in [6.07, 6.45) is 3.97. The van der Waals surface area contributed by atoms with Crippen LogP contribution in [0.15, 0.2) is 116 Å². The van der Waals surface area contributed by atoms with Crippen LogP contribution < -0.4 is 10.6 Å². The van der Waals surface area contributed by atoms with Crippen molar-refractivity contribution < 1.29 is 9.53 Å². The maximum atomic E-state index is 12.6. The third-order valence-electron chi connectivity index (χ3n) is 6.32. The van der Waals surface area contributed by atoms with Crippen molar-refractivity contribution in [1.29, 1.82) is 0 Å². The van der Waals surface area contributed by atoms with E-state index in [1.807, 2.05) is 103 Å². The predicted octanol–water partition coefficient (Wildman–Crippen LogP) is 6.33. The number of nitrogens with one attached hydrogen (secondary N) is 2. The van der Waals surface area contributed by atoms with E-state index in [9.17, 15) is 4.79 Å². The van der Waals surface area contributed by atoms with Gasteiger partial charge in [0.05, 0.1) is 29.4 Å². The molecular formula is C33H29N5O2S. The Bertz CT molecular complexity index is 1540. The average molecular weight is 560 g/mol. The van der Waals surface area contributed by atoms with Crippen molar-refractivity contribution in [2.75, 3.05) is 11.9 Å². The molecule has 0 aliphatic heterocycles. The molecule has 3 aromatic heterocycles. The van der Waals surface area contributed by atoms with Gasteiger partial charge in [0.25, 0.3) is 0 Å². The van der Waals surface area contributed by atoms with E-state index < -0.39 is 6.04 Å². The molecule has 0 spiro atoms. The Balaban J connectivity index is 1.34. The lowest BCUT2D eigenvalue weighted by molar-refractivity contribution is -0.145. The number of carbonyl (C=O) groups is 1. The number of benzene rings is 2. The van der Waals surface area contributed by atoms with Crippen LogP contribution in [0.3, 0.4) is 0 Å². The highest BCUT2D eigenvalue weighted by Gasteiger charge is 2.21. The highest BCUT2D eigenvalue weighted by molar-refractivity contribution is 7.80. The fourth-order valence-corrected chi connectivity index (χ4v) is 4.61. The lowest BCUT2D eigenvalue weighted by Gasteiger charge is -2.20. The Hall–Kier alpha value is -4.95. The number of hydrogen-bond donors (Lipinski definition) is 2. The van der Waals surface area contributed by atoms with E-state index in [-0.39, 0.29) is 5.97 Å². The number of pyridine rings is 3. The summed E-state index contributed by atoms with van der Waals surface area (Å²) in [5.74, 6) is -0.346. The van der Waals surface area contributed by atoms with Gasteiger partial charge < -0.3 is 15.4 Å². The number of aromatic nitrogens is 3. The van der Waals surface area contributed by atoms with Crippen LogP contribution in [0.2, 0.25) is 0 Å². The summed E-state index contributed by atoms with van der Waals surface area (Å²) < 4.78 is 5.27. The number of ether oxygens (including phenoxy) is 1. The summed E-state index contributed by atoms with van der Waals surface area (Å²) in [5.41, 5.74) is 6.88. The van der Waals surface area contributed by atoms with Gasteiger partial charge >= 0.3 is 5.97 Å². The van der Waals surface area contributed by atoms with E-state index in [4.69, 9.17) is 21.9 Å². The zero-order valence-corrected chi connectivity index (χ0v) is 23.3. The molecule has 7 nitrogen and oxygen atoms in total. The van der Waals surface area contributed by atoms with Crippen LogP contribution in [-0.2, 0) is 16.0 Å². The molecule has 2 N–H and O–H groups in total. The Morgan fingerprint density at radius 3 is 1.95 bits per heavy atom. The SMILES string of the molecule is CCOC(=O)[C@H](Cc1ccccc1)NC(=S)Nc1ccc(-c2cc(-c3ccccn3)nc(-c3ccccn3)c2)cc1. The van der Waals surface area contributed by atoms with Crippen molar-refractivity contribution in [1.82, 2.24) is 20.3 Å². The van der Waals surface area contributed by atoms with Gasteiger partial charge in [0.1, 0.15) is 6.04 Å². The summed E-state index contributed by atoms with van der Waals surface area (Å²) in [6, 6.07) is 32.7. The smallest absolute Gasteiger partial charge is 0.328 e. The van der Waals surface area contributed by atoms with Crippen LogP contribution in [0, 0.1) is 0 Å². The molecule has 0 saturated heterocycles. The quantitative estimate of drug-likeness (QED) is 0.160. The van der Waals surface area contributed by atoms with Crippen LogP contribution in [0.4, 0.5) is 5.69 Å². The van der Waals surface area contributed by atoms with Gasteiger partial charge in [0.2, 0.25) is 0 Å². The Morgan fingerprint density at radius 1 is 0.780 bits per heavy atom. The molecule has 3 heterocycles. The van der Waals surface area contributed by atoms with Crippen LogP contribution in [0.5, 0.6) is 0 Å². The highest BCUT2D eigenvalue weighted by atomic mass is 32.1. The van der Waals surface area contributed by atoms with Gasteiger partial charge in [0.15, 0.2) is 5.11 Å². The Kier molecular flexibility index (Phi) is 9.03. The van der Waals surface area contributed by atoms with E-state index in [2.05, 4.69) is 20.6 Å². The summed E-state index contributed by atoms with van der Waals surface area (Å²) in [7, 11) is 0. The molecule has 0 amide bonds. The fourth-order valence-electron chi connectivity index (χ4n) is 4.35. The van der Waals surface area contributed by atoms with E-state index in [0.29, 0.717) is 18.1 Å². The summed E-state index contributed by atoms with van der Waals surface area (Å²) in [4.78, 5) is 26.4. The number of nitrogens with zero attached hydrogens (tertiary/aromatic N) is 3. The molecule has 0 fully saturated rings. The van der Waals surface area contributed by atoms with Crippen LogP contribution in [-0.4, -0.2) is 38.7 Å². The first-order valence-corrected chi connectivity index (χ1v) is 13.7. The second-order valence-electron chi connectivity index (χ2n) is 9.23. The average Bonchev–Trinajstić information content (AvgIpc) is 3.02. The molecule has 0 saturated carbocycles. The first-order chi connectivity index (χ1) is 20.1. The molecule has 41 heavy (non-hydrogen) atoms. The number of esters is 1. The van der Waals surface area contributed by atoms with E-state index in [1.165, 1.54) is 0 Å². The van der Waals surface area contributed by atoms with Gasteiger partial charge in [-0.15, -0.1) is 0 Å². The van der Waals surface area contributed by atoms with E-state index in [1.54, 1.807) is 19.3 Å². The highest BCUT2D eigenvalue weighted by Crippen LogP contribution is 2.29. The standard InChI is InChI=1S/C33H29N5O2S/c1-2-40-32(39)31(20-23-10-4-3-5-11-23)38-33(41)36-26-16-14-24(15-17-26)25-21-29(27-12-6-8-18-34-27)37-30(22-25)28-13-7-9-19-35-28/h3-19,21-22,31H,2,20H2,1H3,(H2,36,38,41)/t31-/m0/s1. The summed E-state index contributed by atoms with van der Waals surface area (Å²) in [6.45, 7) is 2.09. The Morgan fingerprint density at radius 2 is 1.39 bits per heavy atom. The molecule has 204 valence electrons. The molecule has 5 aromatic rings. The lowest BCUT2D eigenvalue weighted by Crippen LogP contribution is -2.45. The van der Waals surface area contributed by atoms with Crippen LogP contribution >= 0.6 is 12.2 Å². The maximum Gasteiger partial charge on any atom is 0.328 e. The molecule has 0 aliphatic rings. The second kappa shape index (κ2) is 13.4. The monoisotopic (exact) mass is 559 g/mol. The normalized spacial score (nSPS) is 11.3. The molecular weight excluding hydrogens is 530 g/mol. The number of rotatable bonds is 9. The zero-order valence-electron chi connectivity index (χ0n) is 22.5. The number of thiocarbonyl (C=S) groups is 1. The largest absolute Gasteiger partial charge is 0.464 e. The van der Waals surface area contributed by atoms with Gasteiger partial charge in [-0.05, 0) is 84.4 Å². The van der Waals surface area contributed by atoms with Crippen molar-refractivity contribution in [2.45, 2.75) is 19.4 Å². The van der Waals surface area contributed by atoms with E-state index >= 15 is 0 Å². The first kappa shape index (κ1) is 27.6. The van der Waals surface area contributed by atoms with Gasteiger partial charge in [-0.1, -0.05) is 54.6 Å². The lowest BCUT2D eigenvalue weighted by atomic mass is 10.0. The topological polar surface area (TPSA) is 89.0 Å². The van der Waals surface area contributed by atoms with Crippen LogP contribution in [0.1, 0.15) is 12.5 Å². The number of anilines is 1. The minimum atomic E-state index is -0.608. The molecule has 0 aliphatic carbocycles. The molecule has 0 bridgehead atoms. The zero-order chi connectivity index (χ0) is 28.4. The number of carbonyl (C=O) groups excluding carboxylic acids is 1. The van der Waals surface area contributed by atoms with Crippen molar-refractivity contribution in [3.63, 3.8) is 0 Å². The molecule has 8 heteroatoms. The molecule has 5 rings (SSSR count). The van der Waals surface area contributed by atoms with Crippen molar-refractivity contribution >= 4 is 29.0 Å². The Labute approximate surface area is 244 Å². The maximum absolute atomic E-state index is 12.6. The van der Waals surface area contributed by atoms with E-state index in [0.717, 1.165) is 45.2 Å². The summed E-state index contributed by atoms with van der Waals surface area (Å²) in [5, 5.41) is 6.65. The fraction of sp³-hybridized carbons (Fsp3) is 0.121. The third-order valence-corrected chi connectivity index (χ3v) is 6.54. The van der Waals surface area contributed by atoms with Gasteiger partial charge in [-0.25, -0.2) is 9.78 Å². The molecule has 0 radical (unpaired) electrons. The minimum absolute atomic E-state index is 0.298. The molecule has 0 unspecified atom stereocenters. The van der Waals surface area contributed by atoms with Gasteiger partial charge in [-0.3, -0.25) is 9.97 Å². The van der Waals surface area contributed by atoms with Crippen molar-refractivity contribution in [3.05, 3.63) is 121 Å². The summed E-state index contributed by atoms with van der Waals surface area (Å²) >= 11 is 5.55. The predicted molar refractivity (Wildman–Crippen MR) is 166 cm³/mol. The molecule has 1 atom stereocenters. The van der Waals surface area contributed by atoms with Crippen molar-refractivity contribution in [3.8, 4) is 33.9 Å². The van der Waals surface area contributed by atoms with Crippen molar-refractivity contribution in [2.24, 2.45) is 0 Å². The third kappa shape index (κ3) is 7.38. The van der Waals surface area contributed by atoms with Crippen LogP contribution in [0.25, 0.3) is 33.9 Å². The van der Waals surface area contributed by atoms with Gasteiger partial charge in [0, 0.05) is 24.5 Å².